The Morgan fingerprint density at radius 2 is 1.71 bits per heavy atom. The van der Waals surface area contributed by atoms with Crippen molar-refractivity contribution >= 4 is 35.3 Å². The molecule has 0 aromatic heterocycles. The lowest BCUT2D eigenvalue weighted by Crippen LogP contribution is -2.54. The number of non-ortho nitro benzene ring substituents is 1. The summed E-state index contributed by atoms with van der Waals surface area (Å²) in [5.41, 5.74) is 3.05. The van der Waals surface area contributed by atoms with Gasteiger partial charge in [-0.05, 0) is 79.4 Å². The van der Waals surface area contributed by atoms with E-state index < -0.39 is 22.8 Å². The van der Waals surface area contributed by atoms with Crippen molar-refractivity contribution in [3.8, 4) is 11.5 Å². The number of carbonyl (C=O) groups excluding carboxylic acids is 3. The topological polar surface area (TPSA) is 128 Å². The van der Waals surface area contributed by atoms with E-state index in [1.165, 1.54) is 18.2 Å². The fraction of sp³-hybridized carbons (Fsp3) is 0.179. The molecule has 3 aromatic rings. The number of aryl methyl sites for hydroxylation is 1. The highest BCUT2D eigenvalue weighted by atomic mass is 16.6. The van der Waals surface area contributed by atoms with Crippen LogP contribution < -0.4 is 19.7 Å². The van der Waals surface area contributed by atoms with Gasteiger partial charge in [0.2, 0.25) is 0 Å². The minimum absolute atomic E-state index is 0.0136. The van der Waals surface area contributed by atoms with E-state index in [4.69, 9.17) is 9.47 Å². The summed E-state index contributed by atoms with van der Waals surface area (Å²) in [5.74, 6) is -0.726. The van der Waals surface area contributed by atoms with Gasteiger partial charge >= 0.3 is 6.03 Å². The van der Waals surface area contributed by atoms with E-state index in [1.807, 2.05) is 13.0 Å². The normalized spacial score (nSPS) is 14.4. The molecule has 194 valence electrons. The summed E-state index contributed by atoms with van der Waals surface area (Å²) in [6.07, 6.45) is 1.39. The molecular formula is C28H25N3O7. The summed E-state index contributed by atoms with van der Waals surface area (Å²) < 4.78 is 11.6. The Labute approximate surface area is 218 Å². The van der Waals surface area contributed by atoms with Gasteiger partial charge in [0, 0.05) is 12.1 Å². The van der Waals surface area contributed by atoms with Crippen LogP contribution in [0.3, 0.4) is 0 Å². The third kappa shape index (κ3) is 5.39. The number of ether oxygens (including phenoxy) is 2. The van der Waals surface area contributed by atoms with E-state index in [0.29, 0.717) is 29.4 Å². The molecule has 4 amide bonds. The number of hydrogen-bond acceptors (Lipinski definition) is 7. The maximum absolute atomic E-state index is 13.3. The van der Waals surface area contributed by atoms with Gasteiger partial charge in [0.25, 0.3) is 17.5 Å². The Bertz CT molecular complexity index is 1460. The summed E-state index contributed by atoms with van der Waals surface area (Å²) in [6.45, 7) is 5.95. The highest BCUT2D eigenvalue weighted by Gasteiger charge is 2.37. The predicted octanol–water partition coefficient (Wildman–Crippen LogP) is 4.86. The number of hydrogen-bond donors (Lipinski definition) is 1. The second-order valence-electron chi connectivity index (χ2n) is 8.53. The van der Waals surface area contributed by atoms with Crippen LogP contribution in [0.25, 0.3) is 6.08 Å². The van der Waals surface area contributed by atoms with Crippen LogP contribution in [0.4, 0.5) is 16.2 Å². The minimum Gasteiger partial charge on any atom is -0.490 e. The molecule has 0 unspecified atom stereocenters. The van der Waals surface area contributed by atoms with Crippen molar-refractivity contribution in [3.05, 3.63) is 98.6 Å². The number of benzene rings is 3. The van der Waals surface area contributed by atoms with Crippen LogP contribution >= 0.6 is 0 Å². The van der Waals surface area contributed by atoms with Gasteiger partial charge in [0.15, 0.2) is 11.5 Å². The van der Waals surface area contributed by atoms with Gasteiger partial charge in [-0.25, -0.2) is 9.69 Å². The number of nitro benzene ring substituents is 1. The molecule has 0 radical (unpaired) electrons. The molecule has 1 heterocycles. The first kappa shape index (κ1) is 26.1. The lowest BCUT2D eigenvalue weighted by Gasteiger charge is -2.28. The quantitative estimate of drug-likeness (QED) is 0.196. The number of imide groups is 2. The standard InChI is InChI=1S/C28H25N3O7/c1-4-37-25-15-20(10-13-24(25)38-16-19-8-11-21(12-9-19)31(35)36)14-22-26(32)29-28(34)30(27(22)33)23-7-5-6-17(2)18(23)3/h5-15H,4,16H2,1-3H3,(H,29,32,34)/b22-14+. The van der Waals surface area contributed by atoms with Crippen LogP contribution in [0, 0.1) is 24.0 Å². The van der Waals surface area contributed by atoms with Gasteiger partial charge in [-0.1, -0.05) is 18.2 Å². The molecule has 3 aromatic carbocycles. The third-order valence-electron chi connectivity index (χ3n) is 6.04. The third-order valence-corrected chi connectivity index (χ3v) is 6.04. The van der Waals surface area contributed by atoms with Gasteiger partial charge in [0.1, 0.15) is 12.2 Å². The summed E-state index contributed by atoms with van der Waals surface area (Å²) in [5, 5.41) is 13.1. The molecule has 1 aliphatic rings. The monoisotopic (exact) mass is 515 g/mol. The minimum atomic E-state index is -0.809. The van der Waals surface area contributed by atoms with Gasteiger partial charge in [-0.15, -0.1) is 0 Å². The van der Waals surface area contributed by atoms with Gasteiger partial charge in [-0.2, -0.15) is 0 Å². The van der Waals surface area contributed by atoms with Gasteiger partial charge in [0.05, 0.1) is 17.2 Å². The van der Waals surface area contributed by atoms with Crippen LogP contribution in [-0.2, 0) is 16.2 Å². The summed E-state index contributed by atoms with van der Waals surface area (Å²) in [6, 6.07) is 15.4. The maximum Gasteiger partial charge on any atom is 0.335 e. The highest BCUT2D eigenvalue weighted by Crippen LogP contribution is 2.32. The first-order chi connectivity index (χ1) is 18.2. The Hall–Kier alpha value is -4.99. The molecule has 0 atom stereocenters. The Balaban J connectivity index is 1.60. The SMILES string of the molecule is CCOc1cc(/C=C2\C(=O)NC(=O)N(c3cccc(C)c3C)C2=O)ccc1OCc1ccc([N+](=O)[O-])cc1. The average Bonchev–Trinajstić information content (AvgIpc) is 2.89. The Morgan fingerprint density at radius 1 is 0.974 bits per heavy atom. The van der Waals surface area contributed by atoms with Crippen molar-refractivity contribution < 1.29 is 28.8 Å². The predicted molar refractivity (Wildman–Crippen MR) is 140 cm³/mol. The number of carbonyl (C=O) groups is 3. The first-order valence-electron chi connectivity index (χ1n) is 11.8. The van der Waals surface area contributed by atoms with Crippen LogP contribution in [-0.4, -0.2) is 29.4 Å². The summed E-state index contributed by atoms with van der Waals surface area (Å²) >= 11 is 0. The molecular weight excluding hydrogens is 490 g/mol. The molecule has 1 aliphatic heterocycles. The van der Waals surface area contributed by atoms with Gasteiger partial charge < -0.3 is 9.47 Å². The zero-order chi connectivity index (χ0) is 27.4. The smallest absolute Gasteiger partial charge is 0.335 e. The van der Waals surface area contributed by atoms with E-state index in [2.05, 4.69) is 5.32 Å². The fourth-order valence-electron chi connectivity index (χ4n) is 3.90. The van der Waals surface area contributed by atoms with E-state index in [-0.39, 0.29) is 17.9 Å². The molecule has 0 spiro atoms. The Morgan fingerprint density at radius 3 is 2.39 bits per heavy atom. The summed E-state index contributed by atoms with van der Waals surface area (Å²) in [4.78, 5) is 49.8. The number of urea groups is 1. The fourth-order valence-corrected chi connectivity index (χ4v) is 3.90. The average molecular weight is 516 g/mol. The number of nitro groups is 1. The van der Waals surface area contributed by atoms with Crippen LogP contribution in [0.5, 0.6) is 11.5 Å². The lowest BCUT2D eigenvalue weighted by atomic mass is 10.0. The van der Waals surface area contributed by atoms with Crippen molar-refractivity contribution in [3.63, 3.8) is 0 Å². The zero-order valence-corrected chi connectivity index (χ0v) is 21.0. The molecule has 38 heavy (non-hydrogen) atoms. The van der Waals surface area contributed by atoms with Crippen molar-refractivity contribution in [2.45, 2.75) is 27.4 Å². The van der Waals surface area contributed by atoms with E-state index in [1.54, 1.807) is 56.3 Å². The maximum atomic E-state index is 13.3. The summed E-state index contributed by atoms with van der Waals surface area (Å²) in [7, 11) is 0. The number of anilines is 1. The van der Waals surface area contributed by atoms with Crippen LogP contribution in [0.15, 0.2) is 66.2 Å². The van der Waals surface area contributed by atoms with Crippen LogP contribution in [0.2, 0.25) is 0 Å². The molecule has 10 nitrogen and oxygen atoms in total. The number of nitrogens with one attached hydrogen (secondary N) is 1. The Kier molecular flexibility index (Phi) is 7.52. The molecule has 4 rings (SSSR count). The first-order valence-corrected chi connectivity index (χ1v) is 11.8. The molecule has 0 aliphatic carbocycles. The van der Waals surface area contributed by atoms with Crippen molar-refractivity contribution in [1.82, 2.24) is 5.32 Å². The van der Waals surface area contributed by atoms with E-state index >= 15 is 0 Å². The van der Waals surface area contributed by atoms with E-state index in [0.717, 1.165) is 21.6 Å². The molecule has 0 bridgehead atoms. The van der Waals surface area contributed by atoms with Crippen molar-refractivity contribution in [2.75, 3.05) is 11.5 Å². The molecule has 1 saturated heterocycles. The van der Waals surface area contributed by atoms with Gasteiger partial charge in [-0.3, -0.25) is 25.0 Å². The second-order valence-corrected chi connectivity index (χ2v) is 8.53. The zero-order valence-electron chi connectivity index (χ0n) is 21.0. The molecule has 10 heteroatoms. The largest absolute Gasteiger partial charge is 0.490 e. The molecule has 1 N–H and O–H groups in total. The number of rotatable bonds is 8. The van der Waals surface area contributed by atoms with E-state index in [9.17, 15) is 24.5 Å². The highest BCUT2D eigenvalue weighted by molar-refractivity contribution is 6.39. The second kappa shape index (κ2) is 11.0. The molecule has 0 saturated carbocycles. The van der Waals surface area contributed by atoms with Crippen molar-refractivity contribution in [1.29, 1.82) is 0 Å². The number of amides is 4. The van der Waals surface area contributed by atoms with Crippen molar-refractivity contribution in [2.24, 2.45) is 0 Å². The number of nitrogens with zero attached hydrogens (tertiary/aromatic N) is 2. The number of barbiturate groups is 1. The van der Waals surface area contributed by atoms with Crippen LogP contribution in [0.1, 0.15) is 29.2 Å². The molecule has 1 fully saturated rings. The lowest BCUT2D eigenvalue weighted by molar-refractivity contribution is -0.384.